The van der Waals surface area contributed by atoms with Crippen molar-refractivity contribution in [2.75, 3.05) is 0 Å². The molecule has 98 valence electrons. The van der Waals surface area contributed by atoms with Gasteiger partial charge in [0, 0.05) is 0 Å². The van der Waals surface area contributed by atoms with E-state index in [1.165, 1.54) is 0 Å². The molecular weight excluding hydrogens is 620 g/mol. The molecule has 0 aliphatic heterocycles. The molecule has 0 fully saturated rings. The van der Waals surface area contributed by atoms with Crippen LogP contribution in [0.3, 0.4) is 0 Å². The van der Waals surface area contributed by atoms with E-state index in [1.54, 1.807) is 0 Å². The molecule has 0 bridgehead atoms. The number of hydrogen-bond acceptors (Lipinski definition) is 9. The zero-order chi connectivity index (χ0) is 13.5. The molecule has 2 radical (unpaired) electrons. The Hall–Kier alpha value is 1.96. The predicted octanol–water partition coefficient (Wildman–Crippen LogP) is -4.41. The van der Waals surface area contributed by atoms with Gasteiger partial charge in [-0.3, -0.25) is 0 Å². The second-order valence-corrected chi connectivity index (χ2v) is 3.88. The van der Waals surface area contributed by atoms with Crippen molar-refractivity contribution >= 4 is 74.9 Å². The molecule has 0 saturated carbocycles. The summed E-state index contributed by atoms with van der Waals surface area (Å²) in [6.45, 7) is 0. The van der Waals surface area contributed by atoms with Crippen molar-refractivity contribution in [2.24, 2.45) is 0 Å². The van der Waals surface area contributed by atoms with Crippen LogP contribution in [-0.2, 0) is 13.7 Å². The molecule has 0 aliphatic carbocycles. The zero-order valence-electron chi connectivity index (χ0n) is 7.15. The molecule has 0 aromatic heterocycles. The van der Waals surface area contributed by atoms with Gasteiger partial charge >= 0.3 is 51.2 Å². The standard InChI is InChI=1S/3FH2O3P.Pb.Sn/c3*1-5(2,3)4;;/h3*(H2,2,3,4);;/q;;;+2;+4/p-6. The van der Waals surface area contributed by atoms with Crippen LogP contribution in [0.25, 0.3) is 0 Å². The van der Waals surface area contributed by atoms with Gasteiger partial charge in [-0.05, 0) is 0 Å². The van der Waals surface area contributed by atoms with Crippen molar-refractivity contribution in [1.82, 2.24) is 0 Å². The average Bonchev–Trinajstić information content (AvgIpc) is 1.41. The molecule has 0 saturated heterocycles. The topological polar surface area (TPSA) is 190 Å². The molecule has 0 unspecified atom stereocenters. The van der Waals surface area contributed by atoms with Crippen molar-refractivity contribution in [2.45, 2.75) is 0 Å². The van der Waals surface area contributed by atoms with Gasteiger partial charge < -0.3 is 43.1 Å². The quantitative estimate of drug-likeness (QED) is 0.190. The maximum atomic E-state index is 10.1. The van der Waals surface area contributed by atoms with Gasteiger partial charge in [-0.2, -0.15) is 0 Å². The first-order valence-corrected chi connectivity index (χ1v) is 6.45. The van der Waals surface area contributed by atoms with Crippen LogP contribution in [-0.4, -0.2) is 51.2 Å². The van der Waals surface area contributed by atoms with Crippen molar-refractivity contribution in [3.05, 3.63) is 0 Å². The smallest absolute Gasteiger partial charge is 0.786 e. The maximum Gasteiger partial charge on any atom is 4.00 e. The average molecular weight is 620 g/mol. The summed E-state index contributed by atoms with van der Waals surface area (Å²) in [6, 6.07) is 0. The molecule has 0 amide bonds. The van der Waals surface area contributed by atoms with Crippen LogP contribution in [0.1, 0.15) is 0 Å². The second kappa shape index (κ2) is 13.0. The molecule has 0 N–H and O–H groups in total. The van der Waals surface area contributed by atoms with E-state index in [-0.39, 0.29) is 51.2 Å². The third-order valence-corrected chi connectivity index (χ3v) is 0. The summed E-state index contributed by atoms with van der Waals surface area (Å²) < 4.78 is 55.7. The van der Waals surface area contributed by atoms with Gasteiger partial charge in [0.2, 0.25) is 0 Å². The van der Waals surface area contributed by atoms with E-state index < -0.39 is 23.7 Å². The molecule has 0 aromatic rings. The Morgan fingerprint density at radius 1 is 0.588 bits per heavy atom. The Morgan fingerprint density at radius 3 is 0.588 bits per heavy atom. The molecule has 9 nitrogen and oxygen atoms in total. The fraction of sp³-hybridized carbons (Fsp3) is 0. The summed E-state index contributed by atoms with van der Waals surface area (Å²) in [5, 5.41) is 0. The van der Waals surface area contributed by atoms with Crippen LogP contribution < -0.4 is 29.4 Å². The van der Waals surface area contributed by atoms with Crippen molar-refractivity contribution in [3.63, 3.8) is 0 Å². The first-order valence-electron chi connectivity index (χ1n) is 2.15. The van der Waals surface area contributed by atoms with Gasteiger partial charge in [-0.15, -0.1) is 0 Å². The molecule has 0 rings (SSSR count). The Morgan fingerprint density at radius 2 is 0.588 bits per heavy atom. The Balaban J connectivity index is -0.0000000400. The van der Waals surface area contributed by atoms with E-state index >= 15 is 0 Å². The van der Waals surface area contributed by atoms with Crippen LogP contribution in [0.15, 0.2) is 0 Å². The van der Waals surface area contributed by atoms with Gasteiger partial charge in [0.1, 0.15) is 23.7 Å². The van der Waals surface area contributed by atoms with Gasteiger partial charge in [0.05, 0.1) is 0 Å². The third kappa shape index (κ3) is 1190. The van der Waals surface area contributed by atoms with Crippen LogP contribution in [0.2, 0.25) is 0 Å². The minimum atomic E-state index is -5.64. The minimum Gasteiger partial charge on any atom is -0.786 e. The van der Waals surface area contributed by atoms with Crippen LogP contribution >= 0.6 is 23.7 Å². The van der Waals surface area contributed by atoms with E-state index in [4.69, 9.17) is 43.1 Å². The fourth-order valence-electron chi connectivity index (χ4n) is 0. The minimum absolute atomic E-state index is 0. The van der Waals surface area contributed by atoms with E-state index in [0.29, 0.717) is 0 Å². The van der Waals surface area contributed by atoms with Gasteiger partial charge in [-0.25, -0.2) is 12.6 Å². The second-order valence-electron chi connectivity index (χ2n) is 1.29. The van der Waals surface area contributed by atoms with Gasteiger partial charge in [0.15, 0.2) is 0 Å². The molecule has 17 heavy (non-hydrogen) atoms. The summed E-state index contributed by atoms with van der Waals surface area (Å²) in [5.74, 6) is 0. The van der Waals surface area contributed by atoms with Gasteiger partial charge in [0.25, 0.3) is 0 Å². The van der Waals surface area contributed by atoms with Crippen LogP contribution in [0, 0.1) is 0 Å². The molecule has 0 spiro atoms. The monoisotopic (exact) mass is 622 g/mol. The van der Waals surface area contributed by atoms with Crippen molar-refractivity contribution in [3.8, 4) is 0 Å². The number of hydrogen-bond donors (Lipinski definition) is 0. The summed E-state index contributed by atoms with van der Waals surface area (Å²) in [4.78, 5) is 50.6. The molecule has 17 heteroatoms. The van der Waals surface area contributed by atoms with E-state index in [2.05, 4.69) is 0 Å². The largest absolute Gasteiger partial charge is 4.00 e. The SMILES string of the molecule is O=P([O-])([O-])F.O=P([O-])([O-])F.O=P([O-])([O-])F.[Pb+2].[Sn+4]. The summed E-state index contributed by atoms with van der Waals surface area (Å²) >= 11 is 0. The first kappa shape index (κ1) is 31.4. The zero-order valence-corrected chi connectivity index (χ0v) is 16.6. The van der Waals surface area contributed by atoms with Crippen molar-refractivity contribution < 1.29 is 55.6 Å². The number of rotatable bonds is 0. The van der Waals surface area contributed by atoms with E-state index in [0.717, 1.165) is 0 Å². The Bertz CT molecular complexity index is 218. The van der Waals surface area contributed by atoms with Crippen molar-refractivity contribution in [1.29, 1.82) is 0 Å². The van der Waals surface area contributed by atoms with E-state index in [1.807, 2.05) is 0 Å². The molecular formula is F3O9P3PbSn. The normalized spacial score (nSPS) is 10.4. The van der Waals surface area contributed by atoms with E-state index in [9.17, 15) is 12.6 Å². The number of halogens is 3. The molecule has 0 atom stereocenters. The molecule has 0 aromatic carbocycles. The maximum absolute atomic E-state index is 10.1. The first-order chi connectivity index (χ1) is 6.00. The van der Waals surface area contributed by atoms with Crippen LogP contribution in [0.4, 0.5) is 12.6 Å². The summed E-state index contributed by atoms with van der Waals surface area (Å²) in [6.07, 6.45) is 0. The fourth-order valence-corrected chi connectivity index (χ4v) is 0. The Labute approximate surface area is 130 Å². The Kier molecular flexibility index (Phi) is 23.9. The summed E-state index contributed by atoms with van der Waals surface area (Å²) in [7, 11) is -16.9. The predicted molar refractivity (Wildman–Crippen MR) is 37.7 cm³/mol. The summed E-state index contributed by atoms with van der Waals surface area (Å²) in [5.41, 5.74) is 0. The van der Waals surface area contributed by atoms with Crippen LogP contribution in [0.5, 0.6) is 0 Å². The molecule has 0 heterocycles. The third-order valence-electron chi connectivity index (χ3n) is 0. The van der Waals surface area contributed by atoms with Gasteiger partial charge in [-0.1, -0.05) is 0 Å². The molecule has 0 aliphatic rings.